The van der Waals surface area contributed by atoms with Crippen LogP contribution >= 0.6 is 0 Å². The zero-order valence-corrected chi connectivity index (χ0v) is 8.20. The fourth-order valence-corrected chi connectivity index (χ4v) is 1.07. The van der Waals surface area contributed by atoms with Gasteiger partial charge in [-0.15, -0.1) is 0 Å². The first-order valence-electron chi connectivity index (χ1n) is 4.47. The average Bonchev–Trinajstić information content (AvgIpc) is 2.16. The molecule has 0 aromatic rings. The van der Waals surface area contributed by atoms with E-state index in [9.17, 15) is 0 Å². The summed E-state index contributed by atoms with van der Waals surface area (Å²) >= 11 is 0. The van der Waals surface area contributed by atoms with E-state index in [1.807, 2.05) is 13.8 Å². The van der Waals surface area contributed by atoms with Crippen LogP contribution in [0.1, 0.15) is 26.7 Å². The zero-order chi connectivity index (χ0) is 10.3. The third kappa shape index (κ3) is 5.43. The molecule has 0 aromatic heterocycles. The number of aliphatic hydroxyl groups excluding tert-OH is 1. The number of hydrogen-bond donors (Lipinski definition) is 4. The van der Waals surface area contributed by atoms with E-state index >= 15 is 0 Å². The maximum atomic E-state index is 8.80. The highest BCUT2D eigenvalue weighted by Gasteiger charge is 2.11. The monoisotopic (exact) mass is 189 g/mol. The molecule has 0 amide bonds. The quantitative estimate of drug-likeness (QED) is 0.203. The summed E-state index contributed by atoms with van der Waals surface area (Å²) in [5.74, 6) is 0.212. The lowest BCUT2D eigenvalue weighted by atomic mass is 10.1. The Hall–Kier alpha value is -0.810. The van der Waals surface area contributed by atoms with Crippen molar-refractivity contribution >= 4 is 5.84 Å². The standard InChI is InChI=1S/C8H19N3O2/c1-3-7(4-8(9)11-13)10-6(2)5-12/h6-7,10,12-13H,3-5H2,1-2H3,(H2,9,11). The van der Waals surface area contributed by atoms with Gasteiger partial charge in [-0.3, -0.25) is 0 Å². The Morgan fingerprint density at radius 2 is 2.23 bits per heavy atom. The molecule has 5 N–H and O–H groups in total. The van der Waals surface area contributed by atoms with Gasteiger partial charge in [0.05, 0.1) is 6.61 Å². The number of amidine groups is 1. The number of hydrogen-bond acceptors (Lipinski definition) is 4. The summed E-state index contributed by atoms with van der Waals surface area (Å²) in [7, 11) is 0. The van der Waals surface area contributed by atoms with Crippen LogP contribution in [0.25, 0.3) is 0 Å². The molecule has 2 unspecified atom stereocenters. The number of rotatable bonds is 6. The molecule has 0 aliphatic heterocycles. The number of aliphatic hydroxyl groups is 1. The minimum atomic E-state index is 0.0384. The van der Waals surface area contributed by atoms with Crippen LogP contribution in [0.15, 0.2) is 5.16 Å². The van der Waals surface area contributed by atoms with Gasteiger partial charge in [-0.1, -0.05) is 12.1 Å². The van der Waals surface area contributed by atoms with Crippen LogP contribution in [0.4, 0.5) is 0 Å². The maximum Gasteiger partial charge on any atom is 0.140 e. The lowest BCUT2D eigenvalue weighted by Crippen LogP contribution is -2.40. The highest BCUT2D eigenvalue weighted by Crippen LogP contribution is 1.99. The summed E-state index contributed by atoms with van der Waals surface area (Å²) in [6, 6.07) is 0.189. The minimum absolute atomic E-state index is 0.0384. The van der Waals surface area contributed by atoms with Gasteiger partial charge < -0.3 is 21.4 Å². The predicted molar refractivity (Wildman–Crippen MR) is 51.8 cm³/mol. The first kappa shape index (κ1) is 12.2. The van der Waals surface area contributed by atoms with Crippen LogP contribution in [-0.4, -0.2) is 34.8 Å². The minimum Gasteiger partial charge on any atom is -0.409 e. The topological polar surface area (TPSA) is 90.9 Å². The molecule has 0 bridgehead atoms. The Morgan fingerprint density at radius 3 is 2.62 bits per heavy atom. The first-order chi connectivity index (χ1) is 6.13. The largest absolute Gasteiger partial charge is 0.409 e. The van der Waals surface area contributed by atoms with Crippen molar-refractivity contribution in [1.29, 1.82) is 0 Å². The van der Waals surface area contributed by atoms with Crippen LogP contribution in [-0.2, 0) is 0 Å². The van der Waals surface area contributed by atoms with Gasteiger partial charge in [0.1, 0.15) is 5.84 Å². The lowest BCUT2D eigenvalue weighted by Gasteiger charge is -2.20. The maximum absolute atomic E-state index is 8.80. The van der Waals surface area contributed by atoms with Gasteiger partial charge >= 0.3 is 0 Å². The number of nitrogens with one attached hydrogen (secondary N) is 1. The van der Waals surface area contributed by atoms with Gasteiger partial charge in [0.15, 0.2) is 0 Å². The molecule has 0 saturated carbocycles. The third-order valence-corrected chi connectivity index (χ3v) is 1.87. The van der Waals surface area contributed by atoms with Crippen LogP contribution in [0.2, 0.25) is 0 Å². The molecule has 2 atom stereocenters. The molecule has 0 rings (SSSR count). The van der Waals surface area contributed by atoms with Crippen molar-refractivity contribution in [3.05, 3.63) is 0 Å². The molecule has 5 heteroatoms. The van der Waals surface area contributed by atoms with Gasteiger partial charge in [-0.05, 0) is 13.3 Å². The predicted octanol–water partition coefficient (Wildman–Crippen LogP) is -0.128. The molecule has 0 spiro atoms. The van der Waals surface area contributed by atoms with Crippen LogP contribution in [0, 0.1) is 0 Å². The lowest BCUT2D eigenvalue weighted by molar-refractivity contribution is 0.239. The van der Waals surface area contributed by atoms with Gasteiger partial charge in [-0.25, -0.2) is 0 Å². The van der Waals surface area contributed by atoms with Gasteiger partial charge in [-0.2, -0.15) is 0 Å². The molecule has 0 saturated heterocycles. The Bertz CT molecular complexity index is 161. The van der Waals surface area contributed by atoms with Crippen LogP contribution in [0.3, 0.4) is 0 Å². The number of nitrogens with zero attached hydrogens (tertiary/aromatic N) is 1. The van der Waals surface area contributed by atoms with E-state index in [1.54, 1.807) is 0 Å². The van der Waals surface area contributed by atoms with E-state index in [1.165, 1.54) is 0 Å². The number of oxime groups is 1. The zero-order valence-electron chi connectivity index (χ0n) is 8.20. The molecule has 0 fully saturated rings. The molecule has 0 aliphatic rings. The van der Waals surface area contributed by atoms with Crippen molar-refractivity contribution in [2.24, 2.45) is 10.9 Å². The molecule has 0 aliphatic carbocycles. The van der Waals surface area contributed by atoms with Crippen molar-refractivity contribution in [3.63, 3.8) is 0 Å². The van der Waals surface area contributed by atoms with E-state index in [0.29, 0.717) is 6.42 Å². The summed E-state index contributed by atoms with van der Waals surface area (Å²) in [5, 5.41) is 23.2. The van der Waals surface area contributed by atoms with Crippen molar-refractivity contribution < 1.29 is 10.3 Å². The van der Waals surface area contributed by atoms with Crippen molar-refractivity contribution in [2.45, 2.75) is 38.8 Å². The molecule has 78 valence electrons. The van der Waals surface area contributed by atoms with E-state index in [-0.39, 0.29) is 24.5 Å². The second-order valence-electron chi connectivity index (χ2n) is 3.15. The normalized spacial score (nSPS) is 17.0. The van der Waals surface area contributed by atoms with Gasteiger partial charge in [0.25, 0.3) is 0 Å². The first-order valence-corrected chi connectivity index (χ1v) is 4.47. The molecule has 0 aromatic carbocycles. The molecule has 13 heavy (non-hydrogen) atoms. The summed E-state index contributed by atoms with van der Waals surface area (Å²) < 4.78 is 0. The van der Waals surface area contributed by atoms with Crippen LogP contribution < -0.4 is 11.1 Å². The molecule has 0 heterocycles. The van der Waals surface area contributed by atoms with E-state index < -0.39 is 0 Å². The van der Waals surface area contributed by atoms with Crippen LogP contribution in [0.5, 0.6) is 0 Å². The van der Waals surface area contributed by atoms with Crippen molar-refractivity contribution in [3.8, 4) is 0 Å². The van der Waals surface area contributed by atoms with Crippen molar-refractivity contribution in [1.82, 2.24) is 5.32 Å². The molecular weight excluding hydrogens is 170 g/mol. The Kier molecular flexibility index (Phi) is 6.26. The van der Waals surface area contributed by atoms with Crippen molar-refractivity contribution in [2.75, 3.05) is 6.61 Å². The highest BCUT2D eigenvalue weighted by molar-refractivity contribution is 5.80. The second kappa shape index (κ2) is 6.68. The molecular formula is C8H19N3O2. The summed E-state index contributed by atoms with van der Waals surface area (Å²) in [6.07, 6.45) is 1.37. The van der Waals surface area contributed by atoms with Gasteiger partial charge in [0.2, 0.25) is 0 Å². The fraction of sp³-hybridized carbons (Fsp3) is 0.875. The molecule has 5 nitrogen and oxygen atoms in total. The van der Waals surface area contributed by atoms with E-state index in [0.717, 1.165) is 6.42 Å². The summed E-state index contributed by atoms with van der Waals surface area (Å²) in [5.41, 5.74) is 5.36. The highest BCUT2D eigenvalue weighted by atomic mass is 16.4. The second-order valence-corrected chi connectivity index (χ2v) is 3.15. The smallest absolute Gasteiger partial charge is 0.140 e. The van der Waals surface area contributed by atoms with E-state index in [4.69, 9.17) is 16.0 Å². The number of nitrogens with two attached hydrogens (primary N) is 1. The van der Waals surface area contributed by atoms with Gasteiger partial charge in [0, 0.05) is 18.5 Å². The third-order valence-electron chi connectivity index (χ3n) is 1.87. The summed E-state index contributed by atoms with van der Waals surface area (Å²) in [4.78, 5) is 0. The SMILES string of the molecule is CCC(CC(N)=NO)NC(C)CO. The Morgan fingerprint density at radius 1 is 1.62 bits per heavy atom. The summed E-state index contributed by atoms with van der Waals surface area (Å²) in [6.45, 7) is 3.98. The fourth-order valence-electron chi connectivity index (χ4n) is 1.07. The Balaban J connectivity index is 3.89. The molecule has 0 radical (unpaired) electrons. The van der Waals surface area contributed by atoms with E-state index in [2.05, 4.69) is 10.5 Å². The average molecular weight is 189 g/mol. The Labute approximate surface area is 78.6 Å².